The molecule has 0 heterocycles. The van der Waals surface area contributed by atoms with Gasteiger partial charge in [0.2, 0.25) is 0 Å². The molecule has 0 aromatic heterocycles. The molecule has 0 spiro atoms. The highest BCUT2D eigenvalue weighted by Crippen LogP contribution is 2.30. The van der Waals surface area contributed by atoms with Crippen molar-refractivity contribution in [1.29, 1.82) is 0 Å². The molecule has 2 N–H and O–H groups in total. The van der Waals surface area contributed by atoms with Gasteiger partial charge in [0.15, 0.2) is 0 Å². The van der Waals surface area contributed by atoms with E-state index in [0.717, 1.165) is 15.6 Å². The summed E-state index contributed by atoms with van der Waals surface area (Å²) in [7, 11) is 1.50. The molecule has 1 aromatic carbocycles. The molecule has 0 saturated heterocycles. The number of halogens is 1. The van der Waals surface area contributed by atoms with Gasteiger partial charge in [-0.25, -0.2) is 0 Å². The van der Waals surface area contributed by atoms with Gasteiger partial charge in [-0.2, -0.15) is 0 Å². The zero-order chi connectivity index (χ0) is 14.4. The molecule has 19 heavy (non-hydrogen) atoms. The quantitative estimate of drug-likeness (QED) is 0.802. The summed E-state index contributed by atoms with van der Waals surface area (Å²) in [5.74, 6) is -1.19. The van der Waals surface area contributed by atoms with Crippen molar-refractivity contribution in [2.45, 2.75) is 25.7 Å². The van der Waals surface area contributed by atoms with Gasteiger partial charge in [0.25, 0.3) is 0 Å². The molecule has 1 aromatic rings. The fourth-order valence-corrected chi connectivity index (χ4v) is 2.38. The van der Waals surface area contributed by atoms with Gasteiger partial charge < -0.3 is 14.9 Å². The predicted octanol–water partition coefficient (Wildman–Crippen LogP) is 2.49. The van der Waals surface area contributed by atoms with Gasteiger partial charge in [0, 0.05) is 17.3 Å². The fourth-order valence-electron chi connectivity index (χ4n) is 1.83. The van der Waals surface area contributed by atoms with Crippen LogP contribution in [0.2, 0.25) is 0 Å². The second kappa shape index (κ2) is 7.13. The molecule has 0 fully saturated rings. The fraction of sp³-hybridized carbons (Fsp3) is 0.385. The van der Waals surface area contributed by atoms with Crippen LogP contribution >= 0.6 is 15.9 Å². The highest BCUT2D eigenvalue weighted by molar-refractivity contribution is 9.10. The number of carboxylic acid groups (broad SMARTS) is 2. The van der Waals surface area contributed by atoms with Crippen LogP contribution in [0.1, 0.15) is 24.0 Å². The average Bonchev–Trinajstić information content (AvgIpc) is 2.33. The van der Waals surface area contributed by atoms with Crippen LogP contribution in [0.4, 0.5) is 0 Å². The van der Waals surface area contributed by atoms with E-state index < -0.39 is 11.9 Å². The minimum Gasteiger partial charge on any atom is -0.496 e. The van der Waals surface area contributed by atoms with Crippen molar-refractivity contribution in [3.63, 3.8) is 0 Å². The minimum atomic E-state index is -0.880. The Morgan fingerprint density at radius 1 is 1.11 bits per heavy atom. The molecule has 0 aliphatic carbocycles. The average molecular weight is 331 g/mol. The van der Waals surface area contributed by atoms with Crippen LogP contribution in [-0.2, 0) is 22.4 Å². The largest absolute Gasteiger partial charge is 0.496 e. The normalized spacial score (nSPS) is 10.2. The number of aryl methyl sites for hydroxylation is 2. The van der Waals surface area contributed by atoms with Crippen LogP contribution in [-0.4, -0.2) is 29.3 Å². The molecule has 104 valence electrons. The highest BCUT2D eigenvalue weighted by Gasteiger charge is 2.13. The Hall–Kier alpha value is -1.56. The lowest BCUT2D eigenvalue weighted by molar-refractivity contribution is -0.137. The van der Waals surface area contributed by atoms with E-state index >= 15 is 0 Å². The van der Waals surface area contributed by atoms with E-state index in [1.54, 1.807) is 12.1 Å². The van der Waals surface area contributed by atoms with E-state index in [2.05, 4.69) is 15.9 Å². The summed E-state index contributed by atoms with van der Waals surface area (Å²) in [4.78, 5) is 21.3. The molecular weight excluding hydrogens is 316 g/mol. The first-order chi connectivity index (χ1) is 8.93. The Morgan fingerprint density at radius 3 is 1.84 bits per heavy atom. The number of methoxy groups -OCH3 is 1. The zero-order valence-corrected chi connectivity index (χ0v) is 12.1. The van der Waals surface area contributed by atoms with Crippen molar-refractivity contribution in [2.24, 2.45) is 0 Å². The van der Waals surface area contributed by atoms with E-state index in [1.807, 2.05) is 0 Å². The van der Waals surface area contributed by atoms with Crippen LogP contribution in [0, 0.1) is 0 Å². The SMILES string of the molecule is COc1c(CCC(=O)O)cc(Br)cc1CCC(=O)O. The molecule has 0 aliphatic heterocycles. The van der Waals surface area contributed by atoms with Crippen LogP contribution < -0.4 is 4.74 Å². The molecule has 0 radical (unpaired) electrons. The third kappa shape index (κ3) is 4.90. The number of benzene rings is 1. The number of carboxylic acids is 2. The van der Waals surface area contributed by atoms with Crippen LogP contribution in [0.25, 0.3) is 0 Å². The molecule has 1 rings (SSSR count). The first-order valence-corrected chi connectivity index (χ1v) is 6.52. The van der Waals surface area contributed by atoms with Gasteiger partial charge >= 0.3 is 11.9 Å². The van der Waals surface area contributed by atoms with E-state index in [1.165, 1.54) is 7.11 Å². The van der Waals surface area contributed by atoms with Gasteiger partial charge in [-0.15, -0.1) is 0 Å². The molecule has 0 amide bonds. The third-order valence-electron chi connectivity index (χ3n) is 2.63. The van der Waals surface area contributed by atoms with Crippen molar-refractivity contribution in [3.8, 4) is 5.75 Å². The second-order valence-electron chi connectivity index (χ2n) is 4.04. The summed E-state index contributed by atoms with van der Waals surface area (Å²) in [6, 6.07) is 3.60. The molecule has 0 unspecified atom stereocenters. The van der Waals surface area contributed by atoms with Gasteiger partial charge in [-0.1, -0.05) is 15.9 Å². The number of hydrogen-bond donors (Lipinski definition) is 2. The first kappa shape index (κ1) is 15.5. The summed E-state index contributed by atoms with van der Waals surface area (Å²) in [5, 5.41) is 17.4. The lowest BCUT2D eigenvalue weighted by Gasteiger charge is -2.13. The maximum absolute atomic E-state index is 10.6. The Morgan fingerprint density at radius 2 is 1.53 bits per heavy atom. The highest BCUT2D eigenvalue weighted by atomic mass is 79.9. The Kier molecular flexibility index (Phi) is 5.82. The van der Waals surface area contributed by atoms with E-state index in [9.17, 15) is 9.59 Å². The van der Waals surface area contributed by atoms with Crippen molar-refractivity contribution >= 4 is 27.9 Å². The van der Waals surface area contributed by atoms with Crippen molar-refractivity contribution in [1.82, 2.24) is 0 Å². The van der Waals surface area contributed by atoms with Gasteiger partial charge in [0.05, 0.1) is 7.11 Å². The topological polar surface area (TPSA) is 83.8 Å². The zero-order valence-electron chi connectivity index (χ0n) is 10.5. The van der Waals surface area contributed by atoms with E-state index in [-0.39, 0.29) is 12.8 Å². The van der Waals surface area contributed by atoms with Crippen molar-refractivity contribution in [2.75, 3.05) is 7.11 Å². The molecule has 0 saturated carbocycles. The monoisotopic (exact) mass is 330 g/mol. The number of aliphatic carboxylic acids is 2. The number of carbonyl (C=O) groups is 2. The molecule has 0 bridgehead atoms. The maximum Gasteiger partial charge on any atom is 0.303 e. The van der Waals surface area contributed by atoms with Crippen LogP contribution in [0.5, 0.6) is 5.75 Å². The summed E-state index contributed by atoms with van der Waals surface area (Å²) in [6.07, 6.45) is 0.701. The minimum absolute atomic E-state index is 0.00514. The summed E-state index contributed by atoms with van der Waals surface area (Å²) in [6.45, 7) is 0. The predicted molar refractivity (Wildman–Crippen MR) is 72.6 cm³/mol. The van der Waals surface area contributed by atoms with Crippen molar-refractivity contribution < 1.29 is 24.5 Å². The Labute approximate surface area is 119 Å². The maximum atomic E-state index is 10.6. The summed E-state index contributed by atoms with van der Waals surface area (Å²) in [5.41, 5.74) is 1.53. The van der Waals surface area contributed by atoms with E-state index in [4.69, 9.17) is 14.9 Å². The van der Waals surface area contributed by atoms with Gasteiger partial charge in [-0.3, -0.25) is 9.59 Å². The van der Waals surface area contributed by atoms with Crippen molar-refractivity contribution in [3.05, 3.63) is 27.7 Å². The molecule has 6 heteroatoms. The number of rotatable bonds is 7. The molecule has 5 nitrogen and oxygen atoms in total. The Balaban J connectivity index is 3.01. The summed E-state index contributed by atoms with van der Waals surface area (Å²) < 4.78 is 6.08. The first-order valence-electron chi connectivity index (χ1n) is 5.73. The molecule has 0 aliphatic rings. The number of ether oxygens (including phenoxy) is 1. The van der Waals surface area contributed by atoms with Gasteiger partial charge in [0.1, 0.15) is 5.75 Å². The second-order valence-corrected chi connectivity index (χ2v) is 4.96. The Bertz CT molecular complexity index is 445. The third-order valence-corrected chi connectivity index (χ3v) is 3.09. The number of hydrogen-bond acceptors (Lipinski definition) is 3. The van der Waals surface area contributed by atoms with Crippen LogP contribution in [0.3, 0.4) is 0 Å². The van der Waals surface area contributed by atoms with Gasteiger partial charge in [-0.05, 0) is 36.1 Å². The lowest BCUT2D eigenvalue weighted by Crippen LogP contribution is -2.04. The summed E-state index contributed by atoms with van der Waals surface area (Å²) >= 11 is 3.34. The van der Waals surface area contributed by atoms with E-state index in [0.29, 0.717) is 18.6 Å². The molecule has 0 atom stereocenters. The lowest BCUT2D eigenvalue weighted by atomic mass is 10.0. The molecular formula is C13H15BrO5. The standard InChI is InChI=1S/C13H15BrO5/c1-19-13-8(2-4-11(15)16)6-10(14)7-9(13)3-5-12(17)18/h6-7H,2-5H2,1H3,(H,15,16)(H,17,18). The smallest absolute Gasteiger partial charge is 0.303 e. The van der Waals surface area contributed by atoms with Crippen LogP contribution in [0.15, 0.2) is 16.6 Å².